The molecule has 1 atom stereocenters. The summed E-state index contributed by atoms with van der Waals surface area (Å²) in [5.41, 5.74) is 1.22. The Labute approximate surface area is 114 Å². The summed E-state index contributed by atoms with van der Waals surface area (Å²) in [6, 6.07) is 6.07. The lowest BCUT2D eigenvalue weighted by atomic mass is 9.94. The quantitative estimate of drug-likeness (QED) is 0.906. The molecule has 104 valence electrons. The first-order valence-electron chi connectivity index (χ1n) is 6.97. The van der Waals surface area contributed by atoms with Gasteiger partial charge in [-0.15, -0.1) is 0 Å². The largest absolute Gasteiger partial charge is 0.486 e. The third kappa shape index (κ3) is 2.85. The van der Waals surface area contributed by atoms with E-state index in [1.54, 1.807) is 0 Å². The van der Waals surface area contributed by atoms with Gasteiger partial charge in [-0.1, -0.05) is 12.1 Å². The summed E-state index contributed by atoms with van der Waals surface area (Å²) in [4.78, 5) is 0. The van der Waals surface area contributed by atoms with Gasteiger partial charge in [0.1, 0.15) is 13.2 Å². The standard InChI is InChI=1S/C15H21NO3/c1-15(6-3-7-17-11-15)16-10-12-4-2-5-13-14(12)19-9-8-18-13/h2,4-5,16H,3,6-11H2,1H3. The van der Waals surface area contributed by atoms with Gasteiger partial charge in [0.2, 0.25) is 0 Å². The van der Waals surface area contributed by atoms with Crippen molar-refractivity contribution in [3.8, 4) is 11.5 Å². The maximum absolute atomic E-state index is 5.73. The second kappa shape index (κ2) is 5.39. The first-order chi connectivity index (χ1) is 9.27. The minimum atomic E-state index is 0.0660. The molecule has 1 aromatic rings. The van der Waals surface area contributed by atoms with Crippen molar-refractivity contribution in [2.45, 2.75) is 31.8 Å². The molecule has 0 bridgehead atoms. The first-order valence-corrected chi connectivity index (χ1v) is 6.97. The van der Waals surface area contributed by atoms with E-state index in [-0.39, 0.29) is 5.54 Å². The highest BCUT2D eigenvalue weighted by Gasteiger charge is 2.27. The fraction of sp³-hybridized carbons (Fsp3) is 0.600. The fourth-order valence-corrected chi connectivity index (χ4v) is 2.66. The van der Waals surface area contributed by atoms with E-state index in [9.17, 15) is 0 Å². The Morgan fingerprint density at radius 2 is 2.11 bits per heavy atom. The number of benzene rings is 1. The summed E-state index contributed by atoms with van der Waals surface area (Å²) in [7, 11) is 0. The predicted octanol–water partition coefficient (Wildman–Crippen LogP) is 2.12. The molecule has 4 heteroatoms. The van der Waals surface area contributed by atoms with Crippen LogP contribution >= 0.6 is 0 Å². The van der Waals surface area contributed by atoms with Crippen LogP contribution in [0.2, 0.25) is 0 Å². The van der Waals surface area contributed by atoms with E-state index < -0.39 is 0 Å². The van der Waals surface area contributed by atoms with Crippen molar-refractivity contribution in [1.29, 1.82) is 0 Å². The number of hydrogen-bond donors (Lipinski definition) is 1. The van der Waals surface area contributed by atoms with Gasteiger partial charge in [-0.3, -0.25) is 0 Å². The van der Waals surface area contributed by atoms with E-state index in [0.29, 0.717) is 13.2 Å². The zero-order valence-corrected chi connectivity index (χ0v) is 11.4. The highest BCUT2D eigenvalue weighted by molar-refractivity contribution is 5.47. The van der Waals surface area contributed by atoms with Gasteiger partial charge in [0.15, 0.2) is 11.5 Å². The van der Waals surface area contributed by atoms with Gasteiger partial charge in [0.05, 0.1) is 6.61 Å². The van der Waals surface area contributed by atoms with Gasteiger partial charge in [-0.25, -0.2) is 0 Å². The lowest BCUT2D eigenvalue weighted by Crippen LogP contribution is -2.48. The Bertz CT molecular complexity index is 441. The monoisotopic (exact) mass is 263 g/mol. The number of fused-ring (bicyclic) bond motifs is 1. The Morgan fingerprint density at radius 1 is 1.21 bits per heavy atom. The van der Waals surface area contributed by atoms with Crippen molar-refractivity contribution in [1.82, 2.24) is 5.32 Å². The predicted molar refractivity (Wildman–Crippen MR) is 72.7 cm³/mol. The molecule has 1 unspecified atom stereocenters. The highest BCUT2D eigenvalue weighted by Crippen LogP contribution is 2.34. The molecular formula is C15H21NO3. The van der Waals surface area contributed by atoms with Crippen molar-refractivity contribution in [3.05, 3.63) is 23.8 Å². The van der Waals surface area contributed by atoms with Crippen LogP contribution < -0.4 is 14.8 Å². The molecule has 2 heterocycles. The van der Waals surface area contributed by atoms with Gasteiger partial charge < -0.3 is 19.5 Å². The molecule has 19 heavy (non-hydrogen) atoms. The van der Waals surface area contributed by atoms with E-state index in [0.717, 1.165) is 49.7 Å². The smallest absolute Gasteiger partial charge is 0.165 e. The second-order valence-corrected chi connectivity index (χ2v) is 5.51. The molecule has 1 fully saturated rings. The minimum Gasteiger partial charge on any atom is -0.486 e. The first kappa shape index (κ1) is 12.8. The molecule has 1 aromatic carbocycles. The molecule has 3 rings (SSSR count). The van der Waals surface area contributed by atoms with Crippen molar-refractivity contribution in [2.24, 2.45) is 0 Å². The molecule has 0 saturated carbocycles. The van der Waals surface area contributed by atoms with Gasteiger partial charge in [0.25, 0.3) is 0 Å². The van der Waals surface area contributed by atoms with Crippen molar-refractivity contribution >= 4 is 0 Å². The Kier molecular flexibility index (Phi) is 3.62. The topological polar surface area (TPSA) is 39.7 Å². The summed E-state index contributed by atoms with van der Waals surface area (Å²) in [6.07, 6.45) is 2.27. The Hall–Kier alpha value is -1.26. The molecule has 0 aromatic heterocycles. The fourth-order valence-electron chi connectivity index (χ4n) is 2.66. The molecule has 1 saturated heterocycles. The third-order valence-corrected chi connectivity index (χ3v) is 3.79. The van der Waals surface area contributed by atoms with Crippen LogP contribution in [0.25, 0.3) is 0 Å². The number of para-hydroxylation sites is 1. The van der Waals surface area contributed by atoms with Crippen LogP contribution in [0.3, 0.4) is 0 Å². The van der Waals surface area contributed by atoms with Gasteiger partial charge in [-0.05, 0) is 25.8 Å². The number of nitrogens with one attached hydrogen (secondary N) is 1. The Morgan fingerprint density at radius 3 is 2.95 bits per heavy atom. The van der Waals surface area contributed by atoms with Crippen LogP contribution in [0.5, 0.6) is 11.5 Å². The molecule has 0 spiro atoms. The van der Waals surface area contributed by atoms with Crippen LogP contribution in [-0.2, 0) is 11.3 Å². The van der Waals surface area contributed by atoms with Gasteiger partial charge >= 0.3 is 0 Å². The molecule has 0 amide bonds. The lowest BCUT2D eigenvalue weighted by molar-refractivity contribution is 0.0276. The van der Waals surface area contributed by atoms with Gasteiger partial charge in [0, 0.05) is 24.3 Å². The molecule has 0 aliphatic carbocycles. The van der Waals surface area contributed by atoms with Gasteiger partial charge in [-0.2, -0.15) is 0 Å². The maximum Gasteiger partial charge on any atom is 0.165 e. The number of hydrogen-bond acceptors (Lipinski definition) is 4. The molecule has 2 aliphatic heterocycles. The molecular weight excluding hydrogens is 242 g/mol. The molecule has 4 nitrogen and oxygen atoms in total. The van der Waals surface area contributed by atoms with E-state index in [1.165, 1.54) is 0 Å². The minimum absolute atomic E-state index is 0.0660. The van der Waals surface area contributed by atoms with Crippen LogP contribution in [0.4, 0.5) is 0 Å². The number of ether oxygens (including phenoxy) is 3. The number of rotatable bonds is 3. The summed E-state index contributed by atoms with van der Waals surface area (Å²) < 4.78 is 16.9. The van der Waals surface area contributed by atoms with E-state index >= 15 is 0 Å². The average molecular weight is 263 g/mol. The van der Waals surface area contributed by atoms with Crippen LogP contribution in [-0.4, -0.2) is 32.0 Å². The van der Waals surface area contributed by atoms with Crippen LogP contribution in [0.1, 0.15) is 25.3 Å². The van der Waals surface area contributed by atoms with Crippen LogP contribution in [0, 0.1) is 0 Å². The highest BCUT2D eigenvalue weighted by atomic mass is 16.6. The Balaban J connectivity index is 1.69. The van der Waals surface area contributed by atoms with E-state index in [2.05, 4.69) is 18.3 Å². The zero-order chi connectivity index (χ0) is 13.1. The third-order valence-electron chi connectivity index (χ3n) is 3.79. The van der Waals surface area contributed by atoms with Crippen molar-refractivity contribution < 1.29 is 14.2 Å². The summed E-state index contributed by atoms with van der Waals surface area (Å²) in [5, 5.41) is 3.60. The average Bonchev–Trinajstić information content (AvgIpc) is 2.46. The molecule has 0 radical (unpaired) electrons. The lowest BCUT2D eigenvalue weighted by Gasteiger charge is -2.35. The molecule has 1 N–H and O–H groups in total. The van der Waals surface area contributed by atoms with Crippen molar-refractivity contribution in [2.75, 3.05) is 26.4 Å². The second-order valence-electron chi connectivity index (χ2n) is 5.51. The summed E-state index contributed by atoms with van der Waals surface area (Å²) in [6.45, 7) is 5.93. The van der Waals surface area contributed by atoms with E-state index in [4.69, 9.17) is 14.2 Å². The molecule has 2 aliphatic rings. The van der Waals surface area contributed by atoms with E-state index in [1.807, 2.05) is 12.1 Å². The van der Waals surface area contributed by atoms with Crippen molar-refractivity contribution in [3.63, 3.8) is 0 Å². The summed E-state index contributed by atoms with van der Waals surface area (Å²) >= 11 is 0. The maximum atomic E-state index is 5.73. The SMILES string of the molecule is CC1(NCc2cccc3c2OCCO3)CCCOC1. The normalized spacial score (nSPS) is 26.2. The van der Waals surface area contributed by atoms with Crippen LogP contribution in [0.15, 0.2) is 18.2 Å². The zero-order valence-electron chi connectivity index (χ0n) is 11.4. The summed E-state index contributed by atoms with van der Waals surface area (Å²) in [5.74, 6) is 1.75.